The Morgan fingerprint density at radius 3 is 1.86 bits per heavy atom. The van der Waals surface area contributed by atoms with Crippen molar-refractivity contribution < 1.29 is 9.53 Å². The zero-order chi connectivity index (χ0) is 16.2. The van der Waals surface area contributed by atoms with Crippen LogP contribution in [-0.2, 0) is 4.74 Å². The molecule has 0 aliphatic rings. The van der Waals surface area contributed by atoms with Crippen molar-refractivity contribution in [3.05, 3.63) is 48.5 Å². The highest BCUT2D eigenvalue weighted by Gasteiger charge is 2.15. The lowest BCUT2D eigenvalue weighted by atomic mass is 10.2. The standard InChI is InChI=1S/C17H21N3O2/c1-17(2,3)22-16(21)20-15-10-8-14(9-11-15)19-13-6-4-12(18)5-7-13/h4-11,19H,18H2,1-3H3,(H,20,21). The molecule has 0 aliphatic heterocycles. The molecule has 0 unspecified atom stereocenters. The summed E-state index contributed by atoms with van der Waals surface area (Å²) < 4.78 is 5.20. The van der Waals surface area contributed by atoms with E-state index in [1.807, 2.05) is 69.3 Å². The number of anilines is 4. The van der Waals surface area contributed by atoms with Crippen LogP contribution >= 0.6 is 0 Å². The smallest absolute Gasteiger partial charge is 0.412 e. The number of ether oxygens (including phenoxy) is 1. The van der Waals surface area contributed by atoms with Crippen molar-refractivity contribution >= 4 is 28.8 Å². The number of benzene rings is 2. The van der Waals surface area contributed by atoms with E-state index in [1.54, 1.807) is 0 Å². The largest absolute Gasteiger partial charge is 0.444 e. The van der Waals surface area contributed by atoms with Gasteiger partial charge in [0.2, 0.25) is 0 Å². The summed E-state index contributed by atoms with van der Waals surface area (Å²) >= 11 is 0. The molecule has 0 aliphatic carbocycles. The van der Waals surface area contributed by atoms with Crippen LogP contribution in [-0.4, -0.2) is 11.7 Å². The average Bonchev–Trinajstić information content (AvgIpc) is 2.41. The fourth-order valence-corrected chi connectivity index (χ4v) is 1.79. The van der Waals surface area contributed by atoms with Crippen molar-refractivity contribution in [2.24, 2.45) is 0 Å². The first-order chi connectivity index (χ1) is 10.3. The molecule has 4 N–H and O–H groups in total. The van der Waals surface area contributed by atoms with Gasteiger partial charge >= 0.3 is 6.09 Å². The molecule has 2 rings (SSSR count). The molecule has 2 aromatic carbocycles. The summed E-state index contributed by atoms with van der Waals surface area (Å²) in [6.07, 6.45) is -0.466. The van der Waals surface area contributed by atoms with E-state index in [4.69, 9.17) is 10.5 Å². The molecule has 0 saturated carbocycles. The summed E-state index contributed by atoms with van der Waals surface area (Å²) in [7, 11) is 0. The van der Waals surface area contributed by atoms with Gasteiger partial charge in [0.1, 0.15) is 5.60 Å². The van der Waals surface area contributed by atoms with Gasteiger partial charge in [0.25, 0.3) is 0 Å². The van der Waals surface area contributed by atoms with Gasteiger partial charge in [-0.15, -0.1) is 0 Å². The van der Waals surface area contributed by atoms with Gasteiger partial charge in [-0.25, -0.2) is 4.79 Å². The van der Waals surface area contributed by atoms with E-state index in [2.05, 4.69) is 10.6 Å². The van der Waals surface area contributed by atoms with Crippen LogP contribution in [0.4, 0.5) is 27.5 Å². The second-order valence-electron chi connectivity index (χ2n) is 5.95. The molecule has 0 saturated heterocycles. The first-order valence-corrected chi connectivity index (χ1v) is 7.04. The van der Waals surface area contributed by atoms with Gasteiger partial charge in [-0.1, -0.05) is 0 Å². The molecule has 2 aromatic rings. The van der Waals surface area contributed by atoms with Gasteiger partial charge in [0.05, 0.1) is 0 Å². The molecule has 5 nitrogen and oxygen atoms in total. The summed E-state index contributed by atoms with van der Waals surface area (Å²) in [5.41, 5.74) is 8.40. The van der Waals surface area contributed by atoms with E-state index >= 15 is 0 Å². The zero-order valence-electron chi connectivity index (χ0n) is 13.0. The van der Waals surface area contributed by atoms with E-state index < -0.39 is 11.7 Å². The van der Waals surface area contributed by atoms with Crippen molar-refractivity contribution in [2.75, 3.05) is 16.4 Å². The van der Waals surface area contributed by atoms with Crippen molar-refractivity contribution in [3.63, 3.8) is 0 Å². The summed E-state index contributed by atoms with van der Waals surface area (Å²) in [5.74, 6) is 0. The highest BCUT2D eigenvalue weighted by Crippen LogP contribution is 2.20. The summed E-state index contributed by atoms with van der Waals surface area (Å²) in [4.78, 5) is 11.7. The Morgan fingerprint density at radius 2 is 1.36 bits per heavy atom. The minimum absolute atomic E-state index is 0.466. The normalized spacial score (nSPS) is 10.9. The van der Waals surface area contributed by atoms with Crippen LogP contribution in [0.3, 0.4) is 0 Å². The summed E-state index contributed by atoms with van der Waals surface area (Å²) in [6, 6.07) is 14.9. The first kappa shape index (κ1) is 15.7. The van der Waals surface area contributed by atoms with E-state index in [0.717, 1.165) is 17.1 Å². The molecule has 0 heterocycles. The second kappa shape index (κ2) is 6.39. The lowest BCUT2D eigenvalue weighted by molar-refractivity contribution is 0.0636. The molecule has 5 heteroatoms. The third kappa shape index (κ3) is 5.01. The Labute approximate surface area is 130 Å². The van der Waals surface area contributed by atoms with Crippen molar-refractivity contribution in [1.82, 2.24) is 0 Å². The first-order valence-electron chi connectivity index (χ1n) is 7.04. The highest BCUT2D eigenvalue weighted by atomic mass is 16.6. The summed E-state index contributed by atoms with van der Waals surface area (Å²) in [5, 5.41) is 5.94. The van der Waals surface area contributed by atoms with Gasteiger partial charge in [-0.05, 0) is 69.3 Å². The van der Waals surface area contributed by atoms with Gasteiger partial charge in [0, 0.05) is 22.7 Å². The molecule has 0 aromatic heterocycles. The third-order valence-corrected chi connectivity index (χ3v) is 2.73. The molecule has 0 radical (unpaired) electrons. The number of rotatable bonds is 3. The van der Waals surface area contributed by atoms with Crippen molar-refractivity contribution in [1.29, 1.82) is 0 Å². The topological polar surface area (TPSA) is 76.4 Å². The number of amides is 1. The number of carbonyl (C=O) groups excluding carboxylic acids is 1. The number of hydrogen-bond donors (Lipinski definition) is 3. The SMILES string of the molecule is CC(C)(C)OC(=O)Nc1ccc(Nc2ccc(N)cc2)cc1. The van der Waals surface area contributed by atoms with E-state index in [-0.39, 0.29) is 0 Å². The molecular weight excluding hydrogens is 278 g/mol. The van der Waals surface area contributed by atoms with Gasteiger partial charge in [-0.3, -0.25) is 5.32 Å². The van der Waals surface area contributed by atoms with Crippen LogP contribution in [0.1, 0.15) is 20.8 Å². The van der Waals surface area contributed by atoms with Crippen LogP contribution in [0.15, 0.2) is 48.5 Å². The van der Waals surface area contributed by atoms with Crippen LogP contribution in [0.2, 0.25) is 0 Å². The number of nitrogen functional groups attached to an aromatic ring is 1. The van der Waals surface area contributed by atoms with Crippen LogP contribution in [0.5, 0.6) is 0 Å². The van der Waals surface area contributed by atoms with Crippen LogP contribution < -0.4 is 16.4 Å². The third-order valence-electron chi connectivity index (χ3n) is 2.73. The Balaban J connectivity index is 1.95. The number of hydrogen-bond acceptors (Lipinski definition) is 4. The minimum Gasteiger partial charge on any atom is -0.444 e. The van der Waals surface area contributed by atoms with E-state index in [0.29, 0.717) is 5.69 Å². The lowest BCUT2D eigenvalue weighted by Crippen LogP contribution is -2.27. The maximum atomic E-state index is 11.7. The maximum Gasteiger partial charge on any atom is 0.412 e. The maximum absolute atomic E-state index is 11.7. The predicted molar refractivity (Wildman–Crippen MR) is 90.4 cm³/mol. The zero-order valence-corrected chi connectivity index (χ0v) is 13.0. The highest BCUT2D eigenvalue weighted by molar-refractivity contribution is 5.85. The molecule has 22 heavy (non-hydrogen) atoms. The van der Waals surface area contributed by atoms with Crippen molar-refractivity contribution in [2.45, 2.75) is 26.4 Å². The Kier molecular flexibility index (Phi) is 4.56. The van der Waals surface area contributed by atoms with Gasteiger partial charge in [-0.2, -0.15) is 0 Å². The molecule has 0 fully saturated rings. The van der Waals surface area contributed by atoms with Gasteiger partial charge in [0.15, 0.2) is 0 Å². The Bertz CT molecular complexity index is 628. The Morgan fingerprint density at radius 1 is 0.909 bits per heavy atom. The van der Waals surface area contributed by atoms with E-state index in [1.165, 1.54) is 0 Å². The Hall–Kier alpha value is -2.69. The fourth-order valence-electron chi connectivity index (χ4n) is 1.79. The molecular formula is C17H21N3O2. The molecule has 116 valence electrons. The summed E-state index contributed by atoms with van der Waals surface area (Å²) in [6.45, 7) is 5.48. The molecule has 1 amide bonds. The number of nitrogens with one attached hydrogen (secondary N) is 2. The van der Waals surface area contributed by atoms with Crippen LogP contribution in [0.25, 0.3) is 0 Å². The quantitative estimate of drug-likeness (QED) is 0.736. The fraction of sp³-hybridized carbons (Fsp3) is 0.235. The van der Waals surface area contributed by atoms with Crippen molar-refractivity contribution in [3.8, 4) is 0 Å². The number of nitrogens with two attached hydrogens (primary N) is 1. The minimum atomic E-state index is -0.513. The molecule has 0 atom stereocenters. The lowest BCUT2D eigenvalue weighted by Gasteiger charge is -2.19. The van der Waals surface area contributed by atoms with E-state index in [9.17, 15) is 4.79 Å². The molecule has 0 spiro atoms. The monoisotopic (exact) mass is 299 g/mol. The molecule has 0 bridgehead atoms. The number of carbonyl (C=O) groups is 1. The average molecular weight is 299 g/mol. The van der Waals surface area contributed by atoms with Crippen LogP contribution in [0, 0.1) is 0 Å². The predicted octanol–water partition coefficient (Wildman–Crippen LogP) is 4.36. The second-order valence-corrected chi connectivity index (χ2v) is 5.95. The van der Waals surface area contributed by atoms with Gasteiger partial charge < -0.3 is 15.8 Å².